The molecule has 0 atom stereocenters. The van der Waals surface area contributed by atoms with Gasteiger partial charge in [-0.3, -0.25) is 4.57 Å². The Morgan fingerprint density at radius 2 is 1.64 bits per heavy atom. The van der Waals surface area contributed by atoms with E-state index in [0.29, 0.717) is 0 Å². The molecule has 0 saturated heterocycles. The van der Waals surface area contributed by atoms with Gasteiger partial charge in [-0.05, 0) is 28.8 Å². The van der Waals surface area contributed by atoms with Gasteiger partial charge in [-0.1, -0.05) is 42.5 Å². The fourth-order valence-corrected chi connectivity index (χ4v) is 3.31. The molecule has 1 heterocycles. The number of hydrogen-bond acceptors (Lipinski definition) is 0. The van der Waals surface area contributed by atoms with Crippen LogP contribution < -0.4 is 4.57 Å². The summed E-state index contributed by atoms with van der Waals surface area (Å²) < 4.78 is 2.17. The van der Waals surface area contributed by atoms with Gasteiger partial charge in [0.1, 0.15) is 7.05 Å². The van der Waals surface area contributed by atoms with E-state index in [4.69, 9.17) is 0 Å². The number of fused-ring (bicyclic) bond motifs is 1. The van der Waals surface area contributed by atoms with E-state index in [0.717, 1.165) is 11.1 Å². The van der Waals surface area contributed by atoms with Gasteiger partial charge in [0.25, 0.3) is 0 Å². The van der Waals surface area contributed by atoms with Crippen LogP contribution in [0.2, 0.25) is 0 Å². The smallest absolute Gasteiger partial charge is 0.120 e. The molecule has 0 bridgehead atoms. The molecule has 1 radical (unpaired) electrons. The third kappa shape index (κ3) is 3.32. The summed E-state index contributed by atoms with van der Waals surface area (Å²) in [5, 5.41) is 2.57. The van der Waals surface area contributed by atoms with Gasteiger partial charge in [-0.15, -0.1) is 6.07 Å². The molecule has 0 aliphatic carbocycles. The SMILES string of the molecule is Cc1c(-c2c(-c3[c-]cccc3)[c-]cc[n+]2C)ccc2ccccc12.[Y]. The van der Waals surface area contributed by atoms with Crippen LogP contribution in [0.5, 0.6) is 0 Å². The molecule has 0 amide bonds. The summed E-state index contributed by atoms with van der Waals surface area (Å²) in [5.74, 6) is 0. The molecular weight excluding hydrogens is 379 g/mol. The van der Waals surface area contributed by atoms with Gasteiger partial charge in [-0.25, -0.2) is 5.56 Å². The van der Waals surface area contributed by atoms with Crippen molar-refractivity contribution in [1.29, 1.82) is 0 Å². The molecule has 25 heavy (non-hydrogen) atoms. The van der Waals surface area contributed by atoms with Crippen LogP contribution in [0.25, 0.3) is 33.2 Å². The van der Waals surface area contributed by atoms with E-state index in [1.807, 2.05) is 24.3 Å². The Balaban J connectivity index is 0.00000182. The summed E-state index contributed by atoms with van der Waals surface area (Å²) >= 11 is 0. The summed E-state index contributed by atoms with van der Waals surface area (Å²) in [6.45, 7) is 2.20. The number of aryl methyl sites for hydroxylation is 2. The zero-order chi connectivity index (χ0) is 16.5. The third-order valence-corrected chi connectivity index (χ3v) is 4.55. The first-order valence-corrected chi connectivity index (χ1v) is 8.12. The minimum Gasteiger partial charge on any atom is -0.289 e. The van der Waals surface area contributed by atoms with Gasteiger partial charge in [0.2, 0.25) is 0 Å². The second-order valence-corrected chi connectivity index (χ2v) is 6.03. The molecule has 4 rings (SSSR count). The van der Waals surface area contributed by atoms with Crippen LogP contribution in [-0.4, -0.2) is 0 Å². The molecule has 1 aromatic heterocycles. The monoisotopic (exact) mass is 397 g/mol. The van der Waals surface area contributed by atoms with Crippen molar-refractivity contribution in [2.75, 3.05) is 0 Å². The Morgan fingerprint density at radius 1 is 0.840 bits per heavy atom. The van der Waals surface area contributed by atoms with E-state index >= 15 is 0 Å². The van der Waals surface area contributed by atoms with Crippen molar-refractivity contribution in [3.63, 3.8) is 0 Å². The van der Waals surface area contributed by atoms with Crippen LogP contribution in [0.1, 0.15) is 5.56 Å². The first-order chi connectivity index (χ1) is 11.8. The van der Waals surface area contributed by atoms with Gasteiger partial charge < -0.3 is 0 Å². The normalized spacial score (nSPS) is 10.5. The van der Waals surface area contributed by atoms with E-state index < -0.39 is 0 Å². The number of aromatic nitrogens is 1. The fourth-order valence-electron chi connectivity index (χ4n) is 3.31. The van der Waals surface area contributed by atoms with Crippen molar-refractivity contribution in [3.8, 4) is 22.4 Å². The maximum atomic E-state index is 3.42. The Hall–Kier alpha value is -1.83. The first-order valence-electron chi connectivity index (χ1n) is 8.12. The molecular formula is C23H18NY-. The van der Waals surface area contributed by atoms with Crippen molar-refractivity contribution in [1.82, 2.24) is 0 Å². The van der Waals surface area contributed by atoms with E-state index in [1.165, 1.54) is 27.6 Å². The fraction of sp³-hybridized carbons (Fsp3) is 0.0870. The van der Waals surface area contributed by atoms with Crippen molar-refractivity contribution in [2.24, 2.45) is 7.05 Å². The predicted octanol–water partition coefficient (Wildman–Crippen LogP) is 4.90. The van der Waals surface area contributed by atoms with E-state index in [2.05, 4.69) is 79.3 Å². The molecule has 0 aliphatic heterocycles. The standard InChI is InChI=1S/C23H18N.Y/c1-17-20-12-7-6-11-19(20)14-15-21(17)23-22(13-8-16-24(23)2)18-9-4-3-5-10-18;/h3-9,11-12,14-16H,1-2H3;/q-1;. The molecule has 0 spiro atoms. The largest absolute Gasteiger partial charge is 0.289 e. The average molecular weight is 397 g/mol. The Bertz CT molecular complexity index is 1020. The zero-order valence-corrected chi connectivity index (χ0v) is 17.3. The Labute approximate surface area is 174 Å². The summed E-state index contributed by atoms with van der Waals surface area (Å²) in [4.78, 5) is 0. The van der Waals surface area contributed by atoms with E-state index in [-0.39, 0.29) is 32.7 Å². The van der Waals surface area contributed by atoms with Gasteiger partial charge in [0, 0.05) is 32.7 Å². The van der Waals surface area contributed by atoms with E-state index in [1.54, 1.807) is 0 Å². The van der Waals surface area contributed by atoms with E-state index in [9.17, 15) is 0 Å². The number of nitrogens with zero attached hydrogens (tertiary/aromatic N) is 1. The molecule has 1 nitrogen and oxygen atoms in total. The molecule has 3 aromatic carbocycles. The second-order valence-electron chi connectivity index (χ2n) is 6.03. The maximum absolute atomic E-state index is 3.42. The Kier molecular flexibility index (Phi) is 5.46. The van der Waals surface area contributed by atoms with Crippen molar-refractivity contribution in [2.45, 2.75) is 6.92 Å². The van der Waals surface area contributed by atoms with Gasteiger partial charge in [-0.2, -0.15) is 35.9 Å². The number of benzene rings is 3. The molecule has 0 saturated carbocycles. The van der Waals surface area contributed by atoms with Crippen LogP contribution in [0.3, 0.4) is 0 Å². The van der Waals surface area contributed by atoms with Crippen LogP contribution in [-0.2, 0) is 39.8 Å². The first kappa shape index (κ1) is 18.0. The third-order valence-electron chi connectivity index (χ3n) is 4.55. The van der Waals surface area contributed by atoms with Crippen molar-refractivity contribution in [3.05, 3.63) is 90.6 Å². The summed E-state index contributed by atoms with van der Waals surface area (Å²) in [6, 6.07) is 29.7. The predicted molar refractivity (Wildman–Crippen MR) is 98.4 cm³/mol. The van der Waals surface area contributed by atoms with Gasteiger partial charge in [0.05, 0.1) is 11.9 Å². The molecule has 0 fully saturated rings. The molecule has 4 aromatic rings. The molecule has 119 valence electrons. The summed E-state index contributed by atoms with van der Waals surface area (Å²) in [7, 11) is 2.09. The molecule has 2 heteroatoms. The number of pyridine rings is 1. The topological polar surface area (TPSA) is 3.88 Å². The quantitative estimate of drug-likeness (QED) is 0.335. The van der Waals surface area contributed by atoms with Gasteiger partial charge in [0.15, 0.2) is 0 Å². The van der Waals surface area contributed by atoms with Crippen LogP contribution in [0.15, 0.2) is 72.9 Å². The van der Waals surface area contributed by atoms with Crippen LogP contribution in [0.4, 0.5) is 0 Å². The number of hydrogen-bond donors (Lipinski definition) is 0. The summed E-state index contributed by atoms with van der Waals surface area (Å²) in [5.41, 5.74) is 5.85. The summed E-state index contributed by atoms with van der Waals surface area (Å²) in [6.07, 6.45) is 2.05. The van der Waals surface area contributed by atoms with Crippen LogP contribution >= 0.6 is 0 Å². The molecule has 0 unspecified atom stereocenters. The Morgan fingerprint density at radius 3 is 2.44 bits per heavy atom. The zero-order valence-electron chi connectivity index (χ0n) is 14.5. The average Bonchev–Trinajstić information content (AvgIpc) is 2.63. The van der Waals surface area contributed by atoms with Gasteiger partial charge >= 0.3 is 0 Å². The minimum absolute atomic E-state index is 0. The van der Waals surface area contributed by atoms with Crippen molar-refractivity contribution < 1.29 is 37.3 Å². The second kappa shape index (κ2) is 7.60. The van der Waals surface area contributed by atoms with Crippen molar-refractivity contribution >= 4 is 10.8 Å². The maximum Gasteiger partial charge on any atom is 0.120 e. The molecule has 0 N–H and O–H groups in total. The number of rotatable bonds is 2. The van der Waals surface area contributed by atoms with Crippen LogP contribution in [0, 0.1) is 19.1 Å². The minimum atomic E-state index is 0. The molecule has 0 aliphatic rings.